The summed E-state index contributed by atoms with van der Waals surface area (Å²) in [5, 5.41) is 0. The Bertz CT molecular complexity index is 1370. The molecule has 1 amide bonds. The van der Waals surface area contributed by atoms with Gasteiger partial charge in [-0.15, -0.1) is 0 Å². The first-order valence-corrected chi connectivity index (χ1v) is 18.8. The molecule has 0 radical (unpaired) electrons. The number of ether oxygens (including phenoxy) is 2. The molecule has 0 N–H and O–H groups in total. The molecule has 6 rings (SSSR count). The Kier molecular flexibility index (Phi) is 11.0. The summed E-state index contributed by atoms with van der Waals surface area (Å²) in [4.78, 5) is 31.0. The summed E-state index contributed by atoms with van der Waals surface area (Å²) in [6.45, 7) is 8.36. The van der Waals surface area contributed by atoms with Crippen LogP contribution in [0.1, 0.15) is 115 Å². The molecule has 6 nitrogen and oxygen atoms in total. The van der Waals surface area contributed by atoms with E-state index in [0.717, 1.165) is 63.1 Å². The highest BCUT2D eigenvalue weighted by Crippen LogP contribution is 2.64. The number of nitrogens with zero attached hydrogens (tertiary/aromatic N) is 2. The number of rotatable bonds is 17. The fraction of sp³-hybridized carbons (Fsp3) is 0.659. The molecule has 2 aliphatic heterocycles. The zero-order valence-electron chi connectivity index (χ0n) is 29.5. The van der Waals surface area contributed by atoms with Gasteiger partial charge in [-0.3, -0.25) is 14.5 Å². The first kappa shape index (κ1) is 34.0. The predicted molar refractivity (Wildman–Crippen MR) is 188 cm³/mol. The van der Waals surface area contributed by atoms with Crippen molar-refractivity contribution in [3.05, 3.63) is 59.2 Å². The van der Waals surface area contributed by atoms with Crippen molar-refractivity contribution in [1.82, 2.24) is 9.80 Å². The zero-order chi connectivity index (χ0) is 33.0. The maximum absolute atomic E-state index is 14.1. The number of ketones is 1. The van der Waals surface area contributed by atoms with Crippen molar-refractivity contribution in [3.63, 3.8) is 0 Å². The number of piperidine rings is 1. The highest BCUT2D eigenvalue weighted by Gasteiger charge is 2.66. The van der Waals surface area contributed by atoms with Crippen LogP contribution in [0.25, 0.3) is 0 Å². The third-order valence-corrected chi connectivity index (χ3v) is 11.8. The molecular formula is C41H58N2O4. The molecule has 0 unspecified atom stereocenters. The summed E-state index contributed by atoms with van der Waals surface area (Å²) >= 11 is 0. The van der Waals surface area contributed by atoms with Crippen molar-refractivity contribution in [3.8, 4) is 11.5 Å². The number of hydrogen-bond donors (Lipinski definition) is 0. The molecule has 6 heteroatoms. The molecule has 256 valence electrons. The van der Waals surface area contributed by atoms with Crippen molar-refractivity contribution in [2.24, 2.45) is 11.8 Å². The molecule has 2 heterocycles. The van der Waals surface area contributed by atoms with Crippen molar-refractivity contribution >= 4 is 11.7 Å². The standard InChI is InChI=1S/C41H58N2O4/c1-29(2)27-43(37(45)19-15-10-8-6-5-7-9-12-16-31-17-13-11-14-18-31)34-22-21-33-35-26-32-20-23-36(46-4)39-38(32)41(33,40(34)47-39)24-25-42(35)28-30(3)44/h11,13-14,17-18,20,23,29,33-35,40H,5-10,12,15-16,19,21-22,24-28H2,1-4H3/t33-,34+,35+,40-,41-/m0/s1. The van der Waals surface area contributed by atoms with E-state index < -0.39 is 0 Å². The second-order valence-electron chi connectivity index (χ2n) is 15.4. The zero-order valence-corrected chi connectivity index (χ0v) is 29.5. The van der Waals surface area contributed by atoms with E-state index in [0.29, 0.717) is 36.8 Å². The van der Waals surface area contributed by atoms with Gasteiger partial charge in [0.2, 0.25) is 5.91 Å². The van der Waals surface area contributed by atoms with Gasteiger partial charge in [0.05, 0.1) is 19.7 Å². The van der Waals surface area contributed by atoms with Gasteiger partial charge in [-0.05, 0) is 87.4 Å². The Morgan fingerprint density at radius 3 is 2.40 bits per heavy atom. The lowest BCUT2D eigenvalue weighted by Gasteiger charge is -2.60. The maximum Gasteiger partial charge on any atom is 0.222 e. The van der Waals surface area contributed by atoms with E-state index in [2.05, 4.69) is 66.1 Å². The monoisotopic (exact) mass is 642 g/mol. The maximum atomic E-state index is 14.1. The van der Waals surface area contributed by atoms with Gasteiger partial charge in [0, 0.05) is 30.0 Å². The molecule has 2 bridgehead atoms. The number of benzene rings is 2. The van der Waals surface area contributed by atoms with Crippen LogP contribution in [0.4, 0.5) is 0 Å². The van der Waals surface area contributed by atoms with Crippen LogP contribution in [0.3, 0.4) is 0 Å². The molecule has 1 saturated heterocycles. The largest absolute Gasteiger partial charge is 0.493 e. The van der Waals surface area contributed by atoms with Crippen molar-refractivity contribution in [1.29, 1.82) is 0 Å². The van der Waals surface area contributed by atoms with Crippen LogP contribution in [-0.2, 0) is 27.8 Å². The third-order valence-electron chi connectivity index (χ3n) is 11.8. The second-order valence-corrected chi connectivity index (χ2v) is 15.4. The number of carbonyl (C=O) groups excluding carboxylic acids is 2. The van der Waals surface area contributed by atoms with E-state index in [1.165, 1.54) is 61.6 Å². The van der Waals surface area contributed by atoms with Gasteiger partial charge in [0.25, 0.3) is 0 Å². The Morgan fingerprint density at radius 1 is 0.979 bits per heavy atom. The van der Waals surface area contributed by atoms with E-state index in [9.17, 15) is 9.59 Å². The molecule has 5 atom stereocenters. The minimum atomic E-state index is -0.130. The fourth-order valence-corrected chi connectivity index (χ4v) is 9.82. The molecule has 4 aliphatic rings. The van der Waals surface area contributed by atoms with Gasteiger partial charge < -0.3 is 14.4 Å². The number of hydrogen-bond acceptors (Lipinski definition) is 5. The first-order chi connectivity index (χ1) is 22.8. The van der Waals surface area contributed by atoms with Gasteiger partial charge in [-0.1, -0.05) is 88.8 Å². The van der Waals surface area contributed by atoms with E-state index >= 15 is 0 Å². The SMILES string of the molecule is COc1ccc2c3c1O[C@H]1[C@H](N(CC(C)C)C(=O)CCCCCCCCCCc4ccccc4)CC[C@H]4[C@@H](C2)N(CC(C)=O)CC[C@@]341. The van der Waals surface area contributed by atoms with Gasteiger partial charge in [-0.2, -0.15) is 0 Å². The quantitative estimate of drug-likeness (QED) is 0.164. The summed E-state index contributed by atoms with van der Waals surface area (Å²) in [5.41, 5.74) is 4.01. The molecular weight excluding hydrogens is 584 g/mol. The van der Waals surface area contributed by atoms with Crippen LogP contribution in [-0.4, -0.2) is 66.4 Å². The Labute approximate surface area is 283 Å². The van der Waals surface area contributed by atoms with Crippen LogP contribution in [0.2, 0.25) is 0 Å². The predicted octanol–water partition coefficient (Wildman–Crippen LogP) is 7.93. The molecule has 2 aromatic carbocycles. The van der Waals surface area contributed by atoms with Crippen LogP contribution >= 0.6 is 0 Å². The van der Waals surface area contributed by atoms with Gasteiger partial charge in [0.15, 0.2) is 11.5 Å². The summed E-state index contributed by atoms with van der Waals surface area (Å²) in [5.74, 6) is 3.08. The molecule has 1 saturated carbocycles. The number of unbranched alkanes of at least 4 members (excludes halogenated alkanes) is 7. The number of aryl methyl sites for hydroxylation is 1. The van der Waals surface area contributed by atoms with Gasteiger partial charge in [0.1, 0.15) is 11.9 Å². The summed E-state index contributed by atoms with van der Waals surface area (Å²) in [6, 6.07) is 15.5. The van der Waals surface area contributed by atoms with Gasteiger partial charge in [-0.25, -0.2) is 0 Å². The minimum absolute atomic E-state index is 0.0556. The minimum Gasteiger partial charge on any atom is -0.493 e. The number of amides is 1. The first-order valence-electron chi connectivity index (χ1n) is 18.8. The lowest BCUT2D eigenvalue weighted by Crippen LogP contribution is -2.69. The van der Waals surface area contributed by atoms with E-state index in [1.54, 1.807) is 14.0 Å². The Hall–Kier alpha value is -2.86. The van der Waals surface area contributed by atoms with Crippen LogP contribution in [0.15, 0.2) is 42.5 Å². The Morgan fingerprint density at radius 2 is 1.70 bits per heavy atom. The molecule has 0 aromatic heterocycles. The summed E-state index contributed by atoms with van der Waals surface area (Å²) < 4.78 is 12.9. The topological polar surface area (TPSA) is 59.1 Å². The van der Waals surface area contributed by atoms with E-state index in [4.69, 9.17) is 9.47 Å². The van der Waals surface area contributed by atoms with Crippen LogP contribution < -0.4 is 9.47 Å². The van der Waals surface area contributed by atoms with Crippen molar-refractivity contribution < 1.29 is 19.1 Å². The van der Waals surface area contributed by atoms with Crippen molar-refractivity contribution in [2.75, 3.05) is 26.7 Å². The Balaban J connectivity index is 1.08. The second kappa shape index (κ2) is 15.1. The molecule has 2 aromatic rings. The number of likely N-dealkylation sites (tertiary alicyclic amines) is 1. The third kappa shape index (κ3) is 7.00. The van der Waals surface area contributed by atoms with Crippen molar-refractivity contribution in [2.45, 2.75) is 134 Å². The average molecular weight is 643 g/mol. The molecule has 47 heavy (non-hydrogen) atoms. The molecule has 2 aliphatic carbocycles. The summed E-state index contributed by atoms with van der Waals surface area (Å²) in [6.07, 6.45) is 15.4. The molecule has 2 fully saturated rings. The smallest absolute Gasteiger partial charge is 0.222 e. The highest BCUT2D eigenvalue weighted by molar-refractivity contribution is 5.78. The van der Waals surface area contributed by atoms with E-state index in [-0.39, 0.29) is 23.3 Å². The number of Topliss-reactive ketones (excluding diaryl/α,β-unsaturated/α-hetero) is 1. The number of methoxy groups -OCH3 is 1. The van der Waals surface area contributed by atoms with E-state index in [1.807, 2.05) is 0 Å². The number of carbonyl (C=O) groups is 2. The summed E-state index contributed by atoms with van der Waals surface area (Å²) in [7, 11) is 1.73. The fourth-order valence-electron chi connectivity index (χ4n) is 9.82. The molecule has 1 spiro atoms. The van der Waals surface area contributed by atoms with Crippen LogP contribution in [0.5, 0.6) is 11.5 Å². The highest BCUT2D eigenvalue weighted by atomic mass is 16.5. The average Bonchev–Trinajstić information content (AvgIpc) is 3.41. The van der Waals surface area contributed by atoms with Gasteiger partial charge >= 0.3 is 0 Å². The normalized spacial score (nSPS) is 25.7. The van der Waals surface area contributed by atoms with Crippen LogP contribution in [0, 0.1) is 11.8 Å². The lowest BCUT2D eigenvalue weighted by molar-refractivity contribution is -0.144. The lowest BCUT2D eigenvalue weighted by atomic mass is 9.51.